The molecule has 0 spiro atoms. The van der Waals surface area contributed by atoms with Crippen molar-refractivity contribution >= 4 is 11.6 Å². The molecule has 3 rings (SSSR count). The van der Waals surface area contributed by atoms with E-state index in [0.29, 0.717) is 30.3 Å². The van der Waals surface area contributed by atoms with Gasteiger partial charge in [0.1, 0.15) is 13.2 Å². The number of carbonyl (C=O) groups excluding carboxylic acids is 1. The summed E-state index contributed by atoms with van der Waals surface area (Å²) in [6.07, 6.45) is -0.0507. The van der Waals surface area contributed by atoms with Gasteiger partial charge in [0, 0.05) is 11.6 Å². The second-order valence-corrected chi connectivity index (χ2v) is 6.75. The molecule has 0 unspecified atom stereocenters. The first-order valence-electron chi connectivity index (χ1n) is 8.87. The zero-order chi connectivity index (χ0) is 19.4. The van der Waals surface area contributed by atoms with Gasteiger partial charge in [-0.3, -0.25) is 14.9 Å². The summed E-state index contributed by atoms with van der Waals surface area (Å²) in [5.41, 5.74) is 1.25. The zero-order valence-corrected chi connectivity index (χ0v) is 15.3. The average molecular weight is 370 g/mol. The highest BCUT2D eigenvalue weighted by Gasteiger charge is 2.23. The van der Waals surface area contributed by atoms with E-state index in [2.05, 4.69) is 5.32 Å². The molecule has 142 valence electrons. The Labute approximate surface area is 157 Å². The molecule has 1 N–H and O–H groups in total. The van der Waals surface area contributed by atoms with Crippen LogP contribution in [0.15, 0.2) is 42.5 Å². The van der Waals surface area contributed by atoms with Gasteiger partial charge in [0.2, 0.25) is 5.91 Å². The molecule has 1 amide bonds. The Balaban J connectivity index is 1.77. The minimum atomic E-state index is -0.469. The summed E-state index contributed by atoms with van der Waals surface area (Å²) in [5, 5.41) is 14.1. The summed E-state index contributed by atoms with van der Waals surface area (Å²) < 4.78 is 11.2. The van der Waals surface area contributed by atoms with E-state index in [-0.39, 0.29) is 30.0 Å². The molecule has 1 aliphatic rings. The van der Waals surface area contributed by atoms with Crippen LogP contribution in [0.25, 0.3) is 0 Å². The molecule has 0 saturated heterocycles. The summed E-state index contributed by atoms with van der Waals surface area (Å²) in [6.45, 7) is 5.03. The second-order valence-electron chi connectivity index (χ2n) is 6.75. The quantitative estimate of drug-likeness (QED) is 0.621. The zero-order valence-electron chi connectivity index (χ0n) is 15.3. The molecule has 2 aromatic rings. The van der Waals surface area contributed by atoms with Crippen molar-refractivity contribution in [3.05, 3.63) is 63.7 Å². The van der Waals surface area contributed by atoms with Gasteiger partial charge < -0.3 is 14.8 Å². The van der Waals surface area contributed by atoms with Crippen molar-refractivity contribution in [1.29, 1.82) is 0 Å². The molecular formula is C20H22N2O5. The fourth-order valence-corrected chi connectivity index (χ4v) is 3.12. The number of ether oxygens (including phenoxy) is 2. The number of fused-ring (bicyclic) bond motifs is 1. The molecule has 1 atom stereocenters. The van der Waals surface area contributed by atoms with Crippen LogP contribution in [-0.4, -0.2) is 24.0 Å². The van der Waals surface area contributed by atoms with Crippen LogP contribution in [0.2, 0.25) is 0 Å². The minimum Gasteiger partial charge on any atom is -0.486 e. The van der Waals surface area contributed by atoms with Crippen molar-refractivity contribution in [1.82, 2.24) is 5.32 Å². The maximum absolute atomic E-state index is 12.6. The Morgan fingerprint density at radius 1 is 1.15 bits per heavy atom. The number of hydrogen-bond acceptors (Lipinski definition) is 5. The molecule has 2 aromatic carbocycles. The molecule has 0 bridgehead atoms. The van der Waals surface area contributed by atoms with Gasteiger partial charge in [0.05, 0.1) is 17.4 Å². The van der Waals surface area contributed by atoms with Crippen LogP contribution in [0.1, 0.15) is 31.0 Å². The van der Waals surface area contributed by atoms with Crippen molar-refractivity contribution in [2.24, 2.45) is 5.92 Å². The number of nitrogens with one attached hydrogen (secondary N) is 1. The van der Waals surface area contributed by atoms with Gasteiger partial charge in [0.15, 0.2) is 11.5 Å². The minimum absolute atomic E-state index is 0.0481. The molecule has 1 heterocycles. The van der Waals surface area contributed by atoms with E-state index in [1.165, 1.54) is 6.07 Å². The lowest BCUT2D eigenvalue weighted by molar-refractivity contribution is -0.385. The van der Waals surface area contributed by atoms with E-state index >= 15 is 0 Å². The van der Waals surface area contributed by atoms with Crippen molar-refractivity contribution < 1.29 is 19.2 Å². The van der Waals surface area contributed by atoms with Crippen LogP contribution in [0.4, 0.5) is 5.69 Å². The maximum Gasteiger partial charge on any atom is 0.273 e. The van der Waals surface area contributed by atoms with Gasteiger partial charge in [-0.15, -0.1) is 0 Å². The fourth-order valence-electron chi connectivity index (χ4n) is 3.12. The number of benzene rings is 2. The first-order valence-corrected chi connectivity index (χ1v) is 8.87. The van der Waals surface area contributed by atoms with E-state index in [1.54, 1.807) is 18.2 Å². The number of amides is 1. The molecule has 0 saturated carbocycles. The number of nitro benzene ring substituents is 1. The first-order chi connectivity index (χ1) is 13.0. The Kier molecular flexibility index (Phi) is 5.59. The lowest BCUT2D eigenvalue weighted by Crippen LogP contribution is -2.33. The van der Waals surface area contributed by atoms with Crippen LogP contribution >= 0.6 is 0 Å². The molecule has 0 radical (unpaired) electrons. The molecule has 0 aliphatic carbocycles. The summed E-state index contributed by atoms with van der Waals surface area (Å²) in [5.74, 6) is 1.22. The Bertz CT molecular complexity index is 850. The smallest absolute Gasteiger partial charge is 0.273 e. The fraction of sp³-hybridized carbons (Fsp3) is 0.350. The number of hydrogen-bond donors (Lipinski definition) is 1. The van der Waals surface area contributed by atoms with E-state index < -0.39 is 4.92 Å². The number of para-hydroxylation sites is 1. The topological polar surface area (TPSA) is 90.7 Å². The standard InChI is InChI=1S/C20H22N2O5/c1-13(2)20(15-7-8-17-18(11-15)27-10-9-26-17)21-19(23)12-14-5-3-4-6-16(14)22(24)25/h3-8,11,13,20H,9-10,12H2,1-2H3,(H,21,23)/t20-/m0/s1. The van der Waals surface area contributed by atoms with Gasteiger partial charge >= 0.3 is 0 Å². The number of carbonyl (C=O) groups is 1. The van der Waals surface area contributed by atoms with Gasteiger partial charge in [-0.2, -0.15) is 0 Å². The number of rotatable bonds is 6. The van der Waals surface area contributed by atoms with Crippen LogP contribution in [0, 0.1) is 16.0 Å². The summed E-state index contributed by atoms with van der Waals surface area (Å²) >= 11 is 0. The largest absolute Gasteiger partial charge is 0.486 e. The van der Waals surface area contributed by atoms with E-state index in [1.807, 2.05) is 32.0 Å². The predicted octanol–water partition coefficient (Wildman–Crippen LogP) is 3.42. The van der Waals surface area contributed by atoms with Crippen LogP contribution < -0.4 is 14.8 Å². The molecule has 0 fully saturated rings. The Morgan fingerprint density at radius 2 is 1.85 bits per heavy atom. The first kappa shape index (κ1) is 18.7. The lowest BCUT2D eigenvalue weighted by atomic mass is 9.95. The van der Waals surface area contributed by atoms with Gasteiger partial charge in [-0.1, -0.05) is 38.1 Å². The second kappa shape index (κ2) is 8.07. The van der Waals surface area contributed by atoms with Crippen molar-refractivity contribution in [3.8, 4) is 11.5 Å². The summed E-state index contributed by atoms with van der Waals surface area (Å²) in [6, 6.07) is 11.7. The van der Waals surface area contributed by atoms with Crippen molar-refractivity contribution in [3.63, 3.8) is 0 Å². The monoisotopic (exact) mass is 370 g/mol. The third-order valence-electron chi connectivity index (χ3n) is 4.45. The molecule has 27 heavy (non-hydrogen) atoms. The summed E-state index contributed by atoms with van der Waals surface area (Å²) in [7, 11) is 0. The van der Waals surface area contributed by atoms with E-state index in [0.717, 1.165) is 5.56 Å². The maximum atomic E-state index is 12.6. The normalized spacial score (nSPS) is 13.9. The summed E-state index contributed by atoms with van der Waals surface area (Å²) in [4.78, 5) is 23.2. The van der Waals surface area contributed by atoms with E-state index in [9.17, 15) is 14.9 Å². The van der Waals surface area contributed by atoms with Gasteiger partial charge in [-0.25, -0.2) is 0 Å². The third kappa shape index (κ3) is 4.36. The van der Waals surface area contributed by atoms with Gasteiger partial charge in [0.25, 0.3) is 5.69 Å². The highest BCUT2D eigenvalue weighted by molar-refractivity contribution is 5.80. The van der Waals surface area contributed by atoms with Crippen LogP contribution in [-0.2, 0) is 11.2 Å². The Hall–Kier alpha value is -3.09. The molecule has 7 heteroatoms. The van der Waals surface area contributed by atoms with E-state index in [4.69, 9.17) is 9.47 Å². The molecule has 7 nitrogen and oxygen atoms in total. The van der Waals surface area contributed by atoms with Crippen LogP contribution in [0.3, 0.4) is 0 Å². The molecule has 1 aliphatic heterocycles. The third-order valence-corrected chi connectivity index (χ3v) is 4.45. The average Bonchev–Trinajstić information content (AvgIpc) is 2.65. The highest BCUT2D eigenvalue weighted by atomic mass is 16.6. The number of nitro groups is 1. The number of nitrogens with zero attached hydrogens (tertiary/aromatic N) is 1. The van der Waals surface area contributed by atoms with Gasteiger partial charge in [-0.05, 0) is 23.6 Å². The highest BCUT2D eigenvalue weighted by Crippen LogP contribution is 2.34. The Morgan fingerprint density at radius 3 is 2.56 bits per heavy atom. The molecule has 0 aromatic heterocycles. The predicted molar refractivity (Wildman–Crippen MR) is 100.0 cm³/mol. The van der Waals surface area contributed by atoms with Crippen molar-refractivity contribution in [2.75, 3.05) is 13.2 Å². The van der Waals surface area contributed by atoms with Crippen molar-refractivity contribution in [2.45, 2.75) is 26.3 Å². The molecular weight excluding hydrogens is 348 g/mol. The lowest BCUT2D eigenvalue weighted by Gasteiger charge is -2.25. The van der Waals surface area contributed by atoms with Crippen LogP contribution in [0.5, 0.6) is 11.5 Å². The SMILES string of the molecule is CC(C)[C@H](NC(=O)Cc1ccccc1[N+](=O)[O-])c1ccc2c(c1)OCCO2.